The second kappa shape index (κ2) is 9.55. The number of ether oxygens (including phenoxy) is 1. The summed E-state index contributed by atoms with van der Waals surface area (Å²) in [4.78, 5) is 33.5. The van der Waals surface area contributed by atoms with Gasteiger partial charge in [-0.05, 0) is 48.0 Å². The summed E-state index contributed by atoms with van der Waals surface area (Å²) < 4.78 is 32.9. The molecule has 1 saturated heterocycles. The Morgan fingerprint density at radius 1 is 1.00 bits per heavy atom. The van der Waals surface area contributed by atoms with E-state index < -0.39 is 22.3 Å². The van der Waals surface area contributed by atoms with Gasteiger partial charge in [-0.3, -0.25) is 14.6 Å². The molecule has 10 heteroatoms. The lowest BCUT2D eigenvalue weighted by Gasteiger charge is -2.36. The number of carbonyl (C=O) groups excluding carboxylic acids is 2. The van der Waals surface area contributed by atoms with Crippen LogP contribution in [0, 0.1) is 17.6 Å². The van der Waals surface area contributed by atoms with Gasteiger partial charge in [0.1, 0.15) is 17.3 Å². The largest absolute Gasteiger partial charge is 0.379 e. The first-order valence-electron chi connectivity index (χ1n) is 10.8. The molecule has 2 aliphatic rings. The lowest BCUT2D eigenvalue weighted by atomic mass is 9.87. The highest BCUT2D eigenvalue weighted by atomic mass is 32.2. The van der Waals surface area contributed by atoms with Crippen molar-refractivity contribution in [2.45, 2.75) is 4.75 Å². The summed E-state index contributed by atoms with van der Waals surface area (Å²) in [5, 5.41) is 5.89. The number of hydrogen-bond acceptors (Lipinski definition) is 6. The standard InChI is InChI=1S/C25H20F2N4O3S/c26-18-6-7-21(28-12-18)23(33)30-20-9-16(8-19(27)10-20)25-14-34-13-17(25)11-29-24(35-25)31-22(32)15-4-2-1-3-5-15/h1-10,12,17H,11,13-14H2,(H,30,33)(H,29,31,32)/t17-,25+/m0/s1. The van der Waals surface area contributed by atoms with Crippen molar-refractivity contribution >= 4 is 34.4 Å². The molecule has 3 heterocycles. The van der Waals surface area contributed by atoms with Gasteiger partial charge in [0.15, 0.2) is 5.17 Å². The van der Waals surface area contributed by atoms with Crippen LogP contribution in [0.25, 0.3) is 0 Å². The Labute approximate surface area is 204 Å². The summed E-state index contributed by atoms with van der Waals surface area (Å²) in [5.74, 6) is -2.03. The fourth-order valence-corrected chi connectivity index (χ4v) is 5.44. The Morgan fingerprint density at radius 2 is 1.83 bits per heavy atom. The van der Waals surface area contributed by atoms with Crippen LogP contribution < -0.4 is 10.6 Å². The number of anilines is 1. The molecule has 0 unspecified atom stereocenters. The number of amides is 2. The highest BCUT2D eigenvalue weighted by Gasteiger charge is 2.49. The van der Waals surface area contributed by atoms with E-state index in [0.717, 1.165) is 12.3 Å². The third-order valence-corrected chi connectivity index (χ3v) is 7.37. The molecular weight excluding hydrogens is 474 g/mol. The first-order chi connectivity index (χ1) is 16.9. The molecule has 35 heavy (non-hydrogen) atoms. The summed E-state index contributed by atoms with van der Waals surface area (Å²) in [6.45, 7) is 1.13. The molecule has 0 radical (unpaired) electrons. The molecule has 0 spiro atoms. The summed E-state index contributed by atoms with van der Waals surface area (Å²) in [6, 6.07) is 15.5. The van der Waals surface area contributed by atoms with Gasteiger partial charge in [0, 0.05) is 23.7 Å². The molecule has 0 aliphatic carbocycles. The third-order valence-electron chi connectivity index (χ3n) is 5.89. The molecule has 0 bridgehead atoms. The minimum atomic E-state index is -0.698. The number of aromatic nitrogens is 1. The van der Waals surface area contributed by atoms with Crippen LogP contribution in [0.4, 0.5) is 14.5 Å². The zero-order chi connectivity index (χ0) is 24.4. The summed E-state index contributed by atoms with van der Waals surface area (Å²) >= 11 is 1.32. The van der Waals surface area contributed by atoms with Gasteiger partial charge in [-0.2, -0.15) is 0 Å². The molecule has 1 fully saturated rings. The summed E-state index contributed by atoms with van der Waals surface area (Å²) in [6.07, 6.45) is 0.939. The number of nitrogens with zero attached hydrogens (tertiary/aromatic N) is 2. The molecule has 0 saturated carbocycles. The minimum Gasteiger partial charge on any atom is -0.379 e. The predicted octanol–water partition coefficient (Wildman–Crippen LogP) is 3.99. The van der Waals surface area contributed by atoms with E-state index in [-0.39, 0.29) is 23.2 Å². The van der Waals surface area contributed by atoms with Gasteiger partial charge in [0.2, 0.25) is 0 Å². The number of fused-ring (bicyclic) bond motifs is 1. The van der Waals surface area contributed by atoms with E-state index in [9.17, 15) is 18.4 Å². The minimum absolute atomic E-state index is 0.00235. The average molecular weight is 495 g/mol. The van der Waals surface area contributed by atoms with Gasteiger partial charge < -0.3 is 15.4 Å². The molecule has 1 aromatic heterocycles. The number of pyridine rings is 1. The number of hydrogen-bond donors (Lipinski definition) is 2. The van der Waals surface area contributed by atoms with Crippen LogP contribution in [-0.4, -0.2) is 41.7 Å². The fourth-order valence-electron chi connectivity index (χ4n) is 4.13. The van der Waals surface area contributed by atoms with Crippen LogP contribution in [0.2, 0.25) is 0 Å². The molecule has 5 rings (SSSR count). The molecule has 7 nitrogen and oxygen atoms in total. The maximum Gasteiger partial charge on any atom is 0.274 e. The molecular formula is C25H20F2N4O3S. The lowest BCUT2D eigenvalue weighted by Crippen LogP contribution is -2.42. The van der Waals surface area contributed by atoms with Crippen LogP contribution in [0.15, 0.2) is 71.9 Å². The van der Waals surface area contributed by atoms with Crippen molar-refractivity contribution in [2.24, 2.45) is 10.9 Å². The fraction of sp³-hybridized carbons (Fsp3) is 0.200. The van der Waals surface area contributed by atoms with Crippen molar-refractivity contribution in [1.82, 2.24) is 10.3 Å². The highest BCUT2D eigenvalue weighted by Crippen LogP contribution is 2.50. The van der Waals surface area contributed by atoms with E-state index >= 15 is 0 Å². The van der Waals surface area contributed by atoms with Crippen molar-refractivity contribution < 1.29 is 23.1 Å². The van der Waals surface area contributed by atoms with Gasteiger partial charge in [-0.1, -0.05) is 30.0 Å². The third kappa shape index (κ3) is 4.80. The summed E-state index contributed by atoms with van der Waals surface area (Å²) in [7, 11) is 0. The number of aliphatic imine (C=N–C) groups is 1. The number of amidine groups is 1. The smallest absolute Gasteiger partial charge is 0.274 e. The van der Waals surface area contributed by atoms with Gasteiger partial charge in [-0.15, -0.1) is 0 Å². The van der Waals surface area contributed by atoms with E-state index in [2.05, 4.69) is 20.6 Å². The van der Waals surface area contributed by atoms with E-state index in [0.29, 0.717) is 36.1 Å². The first kappa shape index (κ1) is 23.1. The van der Waals surface area contributed by atoms with Crippen molar-refractivity contribution in [2.75, 3.05) is 25.1 Å². The average Bonchev–Trinajstić information content (AvgIpc) is 3.29. The maximum absolute atomic E-state index is 14.7. The van der Waals surface area contributed by atoms with E-state index in [1.807, 2.05) is 6.07 Å². The van der Waals surface area contributed by atoms with Gasteiger partial charge >= 0.3 is 0 Å². The van der Waals surface area contributed by atoms with E-state index in [1.165, 1.54) is 30.0 Å². The molecule has 178 valence electrons. The quantitative estimate of drug-likeness (QED) is 0.572. The van der Waals surface area contributed by atoms with Crippen LogP contribution in [-0.2, 0) is 9.48 Å². The van der Waals surface area contributed by atoms with Crippen LogP contribution >= 0.6 is 11.8 Å². The highest BCUT2D eigenvalue weighted by molar-refractivity contribution is 8.14. The molecule has 2 aliphatic heterocycles. The van der Waals surface area contributed by atoms with Crippen LogP contribution in [0.3, 0.4) is 0 Å². The van der Waals surface area contributed by atoms with Crippen molar-refractivity contribution in [1.29, 1.82) is 0 Å². The Hall–Kier alpha value is -3.63. The number of rotatable bonds is 4. The number of benzene rings is 2. The molecule has 3 aromatic rings. The summed E-state index contributed by atoms with van der Waals surface area (Å²) in [5.41, 5.74) is 1.34. The van der Waals surface area contributed by atoms with E-state index in [4.69, 9.17) is 4.74 Å². The van der Waals surface area contributed by atoms with Crippen LogP contribution in [0.5, 0.6) is 0 Å². The van der Waals surface area contributed by atoms with Crippen molar-refractivity contribution in [3.8, 4) is 0 Å². The van der Waals surface area contributed by atoms with Crippen molar-refractivity contribution in [3.05, 3.63) is 95.3 Å². The van der Waals surface area contributed by atoms with Gasteiger partial charge in [0.25, 0.3) is 11.8 Å². The molecule has 2 amide bonds. The number of nitrogens with one attached hydrogen (secondary N) is 2. The SMILES string of the molecule is O=C(NC1=NC[C@H]2COC[C@]2(c2cc(F)cc(NC(=O)c3ccc(F)cn3)c2)S1)c1ccccc1. The second-order valence-corrected chi connectivity index (χ2v) is 9.53. The van der Waals surface area contributed by atoms with Crippen LogP contribution in [0.1, 0.15) is 26.4 Å². The zero-order valence-corrected chi connectivity index (χ0v) is 19.1. The lowest BCUT2D eigenvalue weighted by molar-refractivity contribution is 0.0976. The second-order valence-electron chi connectivity index (χ2n) is 8.21. The monoisotopic (exact) mass is 494 g/mol. The normalized spacial score (nSPS) is 21.1. The topological polar surface area (TPSA) is 92.7 Å². The Bertz CT molecular complexity index is 1300. The Morgan fingerprint density at radius 3 is 2.60 bits per heavy atom. The van der Waals surface area contributed by atoms with E-state index in [1.54, 1.807) is 30.3 Å². The number of halogens is 2. The predicted molar refractivity (Wildman–Crippen MR) is 128 cm³/mol. The zero-order valence-electron chi connectivity index (χ0n) is 18.3. The van der Waals surface area contributed by atoms with Crippen molar-refractivity contribution in [3.63, 3.8) is 0 Å². The number of carbonyl (C=O) groups is 2. The number of thioether (sulfide) groups is 1. The Kier molecular flexibility index (Phi) is 6.31. The van der Waals surface area contributed by atoms with Gasteiger partial charge in [0.05, 0.1) is 24.2 Å². The Balaban J connectivity index is 1.40. The molecule has 2 N–H and O–H groups in total. The first-order valence-corrected chi connectivity index (χ1v) is 11.7. The maximum atomic E-state index is 14.7. The van der Waals surface area contributed by atoms with Gasteiger partial charge in [-0.25, -0.2) is 13.8 Å². The molecule has 2 atom stereocenters. The molecule has 2 aromatic carbocycles.